The van der Waals surface area contributed by atoms with E-state index in [9.17, 15) is 14.6 Å². The summed E-state index contributed by atoms with van der Waals surface area (Å²) in [5, 5.41) is 13.0. The predicted octanol–water partition coefficient (Wildman–Crippen LogP) is 5.84. The van der Waals surface area contributed by atoms with Crippen molar-refractivity contribution in [1.82, 2.24) is 20.0 Å². The summed E-state index contributed by atoms with van der Waals surface area (Å²) in [6.45, 7) is 5.30. The van der Waals surface area contributed by atoms with E-state index in [0.717, 1.165) is 84.4 Å². The molecule has 1 atom stereocenters. The van der Waals surface area contributed by atoms with Crippen molar-refractivity contribution < 1.29 is 14.6 Å². The standard InChI is InChI=1S/C31H40BBr2ClN4O3/c1-32(42)37-10-2-3-27(40)38-11-6-20(7-12-38)15-28(41)39-13-8-21(9-14-39)30-29-22(17-25(35)18-26(29)34)4-5-23-16-24(33)19-36-31(23)30/h16-21,30,37,42H,2-15H2,1H3/t30-/m1/s1. The highest BCUT2D eigenvalue weighted by Crippen LogP contribution is 2.46. The summed E-state index contributed by atoms with van der Waals surface area (Å²) in [7, 11) is -0.550. The lowest BCUT2D eigenvalue weighted by atomic mass is 9.76. The summed E-state index contributed by atoms with van der Waals surface area (Å²) in [4.78, 5) is 34.9. The highest BCUT2D eigenvalue weighted by molar-refractivity contribution is 9.10. The first-order valence-corrected chi connectivity index (χ1v) is 17.2. The fraction of sp³-hybridized carbons (Fsp3) is 0.581. The van der Waals surface area contributed by atoms with Crippen LogP contribution in [-0.4, -0.2) is 71.4 Å². The van der Waals surface area contributed by atoms with Gasteiger partial charge < -0.3 is 20.1 Å². The molecule has 0 radical (unpaired) electrons. The molecule has 2 N–H and O–H groups in total. The molecule has 2 aromatic rings. The Hall–Kier alpha value is -1.46. The van der Waals surface area contributed by atoms with Gasteiger partial charge in [0.25, 0.3) is 0 Å². The smallest absolute Gasteiger partial charge is 0.373 e. The van der Waals surface area contributed by atoms with Crippen LogP contribution in [0.1, 0.15) is 73.2 Å². The third-order valence-corrected chi connectivity index (χ3v) is 10.5. The Kier molecular flexibility index (Phi) is 11.1. The molecular weight excluding hydrogens is 682 g/mol. The van der Waals surface area contributed by atoms with E-state index >= 15 is 0 Å². The van der Waals surface area contributed by atoms with Crippen LogP contribution in [0.2, 0.25) is 11.8 Å². The predicted molar refractivity (Wildman–Crippen MR) is 175 cm³/mol. The number of carbonyl (C=O) groups is 2. The zero-order chi connectivity index (χ0) is 29.8. The van der Waals surface area contributed by atoms with Gasteiger partial charge in [-0.25, -0.2) is 0 Å². The minimum atomic E-state index is -0.550. The Balaban J connectivity index is 1.16. The number of pyridine rings is 1. The summed E-state index contributed by atoms with van der Waals surface area (Å²) >= 11 is 13.9. The number of nitrogens with one attached hydrogen (secondary N) is 1. The van der Waals surface area contributed by atoms with Gasteiger partial charge in [0.05, 0.1) is 5.69 Å². The molecule has 1 aromatic heterocycles. The summed E-state index contributed by atoms with van der Waals surface area (Å²) < 4.78 is 2.05. The lowest BCUT2D eigenvalue weighted by Gasteiger charge is -2.38. The van der Waals surface area contributed by atoms with Crippen molar-refractivity contribution in [2.24, 2.45) is 11.8 Å². The van der Waals surface area contributed by atoms with Crippen LogP contribution in [0.15, 0.2) is 33.3 Å². The van der Waals surface area contributed by atoms with Gasteiger partial charge in [-0.05, 0) is 121 Å². The normalized spacial score (nSPS) is 19.7. The molecule has 226 valence electrons. The van der Waals surface area contributed by atoms with Gasteiger partial charge in [-0.2, -0.15) is 0 Å². The third kappa shape index (κ3) is 7.78. The Labute approximate surface area is 271 Å². The van der Waals surface area contributed by atoms with Crippen LogP contribution in [0, 0.1) is 11.8 Å². The maximum Gasteiger partial charge on any atom is 0.373 e. The molecule has 0 saturated carbocycles. The van der Waals surface area contributed by atoms with Gasteiger partial charge in [-0.1, -0.05) is 27.5 Å². The molecule has 1 aliphatic carbocycles. The van der Waals surface area contributed by atoms with E-state index in [1.54, 1.807) is 6.82 Å². The van der Waals surface area contributed by atoms with Crippen molar-refractivity contribution in [3.05, 3.63) is 60.7 Å². The van der Waals surface area contributed by atoms with Crippen LogP contribution < -0.4 is 5.23 Å². The van der Waals surface area contributed by atoms with Gasteiger partial charge in [0.15, 0.2) is 0 Å². The van der Waals surface area contributed by atoms with Gasteiger partial charge in [-0.3, -0.25) is 14.6 Å². The second-order valence-corrected chi connectivity index (χ2v) is 14.3. The average Bonchev–Trinajstić information content (AvgIpc) is 3.12. The summed E-state index contributed by atoms with van der Waals surface area (Å²) in [5.41, 5.74) is 5.03. The maximum atomic E-state index is 13.4. The van der Waals surface area contributed by atoms with Gasteiger partial charge in [0.1, 0.15) is 0 Å². The SMILES string of the molecule is CB(O)NCCCC(=O)N1CCC(CC(=O)N2CCC([C@H]3c4ncc(Br)cc4CCc4cc(Cl)cc(Br)c43)CC2)CC1. The first-order chi connectivity index (χ1) is 20.2. The molecule has 11 heteroatoms. The van der Waals surface area contributed by atoms with Crippen molar-refractivity contribution in [2.75, 3.05) is 32.7 Å². The number of rotatable bonds is 8. The van der Waals surface area contributed by atoms with Crippen molar-refractivity contribution >= 4 is 62.3 Å². The summed E-state index contributed by atoms with van der Waals surface area (Å²) in [6, 6.07) is 6.33. The molecular formula is C31H40BBr2ClN4O3. The fourth-order valence-corrected chi connectivity index (χ4v) is 8.48. The molecule has 0 bridgehead atoms. The number of hydrogen-bond acceptors (Lipinski definition) is 5. The van der Waals surface area contributed by atoms with E-state index in [-0.39, 0.29) is 17.7 Å². The second kappa shape index (κ2) is 14.6. The van der Waals surface area contributed by atoms with E-state index in [2.05, 4.69) is 54.1 Å². The largest absolute Gasteiger partial charge is 0.437 e. The number of hydrogen-bond donors (Lipinski definition) is 2. The van der Waals surface area contributed by atoms with Gasteiger partial charge in [0.2, 0.25) is 11.8 Å². The first-order valence-electron chi connectivity index (χ1n) is 15.3. The van der Waals surface area contributed by atoms with E-state index in [0.29, 0.717) is 37.6 Å². The zero-order valence-electron chi connectivity index (χ0n) is 24.3. The molecule has 42 heavy (non-hydrogen) atoms. The molecule has 7 nitrogen and oxygen atoms in total. The van der Waals surface area contributed by atoms with Crippen molar-refractivity contribution in [1.29, 1.82) is 0 Å². The number of aryl methyl sites for hydroxylation is 2. The van der Waals surface area contributed by atoms with E-state index in [1.165, 1.54) is 16.7 Å². The number of likely N-dealkylation sites (tertiary alicyclic amines) is 2. The highest BCUT2D eigenvalue weighted by Gasteiger charge is 2.37. The van der Waals surface area contributed by atoms with Gasteiger partial charge in [-0.15, -0.1) is 0 Å². The number of fused-ring (bicyclic) bond motifs is 2. The molecule has 2 saturated heterocycles. The number of benzene rings is 1. The number of piperidine rings is 2. The van der Waals surface area contributed by atoms with E-state index < -0.39 is 7.05 Å². The monoisotopic (exact) mass is 720 g/mol. The molecule has 2 aliphatic heterocycles. The minimum absolute atomic E-state index is 0.166. The van der Waals surface area contributed by atoms with Crippen LogP contribution in [0.25, 0.3) is 0 Å². The molecule has 3 aliphatic rings. The lowest BCUT2D eigenvalue weighted by molar-refractivity contribution is -0.135. The number of carbonyl (C=O) groups excluding carboxylic acids is 2. The quantitative estimate of drug-likeness (QED) is 0.265. The van der Waals surface area contributed by atoms with Crippen LogP contribution in [0.4, 0.5) is 0 Å². The second-order valence-electron chi connectivity index (χ2n) is 12.1. The van der Waals surface area contributed by atoms with Crippen molar-refractivity contribution in [3.8, 4) is 0 Å². The number of aromatic nitrogens is 1. The lowest BCUT2D eigenvalue weighted by Crippen LogP contribution is -2.43. The number of halogens is 3. The van der Waals surface area contributed by atoms with Gasteiger partial charge in [0, 0.05) is 65.1 Å². The number of amides is 2. The highest BCUT2D eigenvalue weighted by atomic mass is 79.9. The Morgan fingerprint density at radius 2 is 1.69 bits per heavy atom. The molecule has 5 rings (SSSR count). The van der Waals surface area contributed by atoms with Crippen molar-refractivity contribution in [2.45, 2.75) is 70.5 Å². The summed E-state index contributed by atoms with van der Waals surface area (Å²) in [5.74, 6) is 1.31. The maximum absolute atomic E-state index is 13.4. The molecule has 0 spiro atoms. The zero-order valence-corrected chi connectivity index (χ0v) is 28.2. The minimum Gasteiger partial charge on any atom is -0.437 e. The van der Waals surface area contributed by atoms with E-state index in [1.807, 2.05) is 17.2 Å². The molecule has 2 amide bonds. The molecule has 1 aromatic carbocycles. The molecule has 0 unspecified atom stereocenters. The van der Waals surface area contributed by atoms with E-state index in [4.69, 9.17) is 16.6 Å². The fourth-order valence-electron chi connectivity index (χ4n) is 6.98. The van der Waals surface area contributed by atoms with Crippen LogP contribution >= 0.6 is 43.5 Å². The number of nitrogens with zero attached hydrogens (tertiary/aromatic N) is 3. The first kappa shape index (κ1) is 32.0. The third-order valence-electron chi connectivity index (χ3n) is 9.22. The summed E-state index contributed by atoms with van der Waals surface area (Å²) in [6.07, 6.45) is 9.20. The topological polar surface area (TPSA) is 85.8 Å². The van der Waals surface area contributed by atoms with Crippen molar-refractivity contribution in [3.63, 3.8) is 0 Å². The Morgan fingerprint density at radius 3 is 2.40 bits per heavy atom. The van der Waals surface area contributed by atoms with Crippen LogP contribution in [-0.2, 0) is 22.4 Å². The average molecular weight is 723 g/mol. The van der Waals surface area contributed by atoms with Gasteiger partial charge >= 0.3 is 7.05 Å². The molecule has 3 heterocycles. The molecule has 2 fully saturated rings. The van der Waals surface area contributed by atoms with Crippen LogP contribution in [0.3, 0.4) is 0 Å². The van der Waals surface area contributed by atoms with Crippen LogP contribution in [0.5, 0.6) is 0 Å². The Bertz CT molecular complexity index is 1280. The Morgan fingerprint density at radius 1 is 1.02 bits per heavy atom.